The lowest BCUT2D eigenvalue weighted by molar-refractivity contribution is -0.384. The average molecular weight is 432 g/mol. The Bertz CT molecular complexity index is 1010. The lowest BCUT2D eigenvalue weighted by Gasteiger charge is -2.23. The standard InChI is InChI=1S/C16H15Cl2N3O5S/c1-10-3-5-12(21(23)24)8-14(10)19-16(22)9-20(27(2,25)26)15-7-11(17)4-6-13(15)18/h3-8H,9H2,1-2H3,(H,19,22). The fourth-order valence-corrected chi connectivity index (χ4v) is 3.53. The number of rotatable bonds is 6. The number of hydrogen-bond acceptors (Lipinski definition) is 5. The Morgan fingerprint density at radius 2 is 1.89 bits per heavy atom. The van der Waals surface area contributed by atoms with Gasteiger partial charge in [0.1, 0.15) is 6.54 Å². The van der Waals surface area contributed by atoms with Crippen molar-refractivity contribution in [3.8, 4) is 0 Å². The summed E-state index contributed by atoms with van der Waals surface area (Å²) in [6.45, 7) is 1.07. The number of halogens is 2. The summed E-state index contributed by atoms with van der Waals surface area (Å²) in [5.41, 5.74) is 0.645. The molecule has 0 radical (unpaired) electrons. The number of carbonyl (C=O) groups excluding carboxylic acids is 1. The molecule has 8 nitrogen and oxygen atoms in total. The van der Waals surface area contributed by atoms with Crippen molar-refractivity contribution in [3.63, 3.8) is 0 Å². The van der Waals surface area contributed by atoms with Crippen molar-refractivity contribution in [1.82, 2.24) is 0 Å². The summed E-state index contributed by atoms with van der Waals surface area (Å²) in [5.74, 6) is -0.694. The van der Waals surface area contributed by atoms with E-state index in [-0.39, 0.29) is 27.1 Å². The van der Waals surface area contributed by atoms with Gasteiger partial charge in [0.15, 0.2) is 0 Å². The smallest absolute Gasteiger partial charge is 0.271 e. The van der Waals surface area contributed by atoms with Crippen molar-refractivity contribution in [2.45, 2.75) is 6.92 Å². The van der Waals surface area contributed by atoms with Crippen molar-refractivity contribution in [2.24, 2.45) is 0 Å². The Hall–Kier alpha value is -2.36. The number of sulfonamides is 1. The van der Waals surface area contributed by atoms with Crippen LogP contribution in [0.1, 0.15) is 5.56 Å². The van der Waals surface area contributed by atoms with Gasteiger partial charge in [-0.2, -0.15) is 0 Å². The second-order valence-electron chi connectivity index (χ2n) is 5.67. The van der Waals surface area contributed by atoms with Crippen molar-refractivity contribution >= 4 is 56.2 Å². The quantitative estimate of drug-likeness (QED) is 0.554. The summed E-state index contributed by atoms with van der Waals surface area (Å²) < 4.78 is 25.1. The molecule has 0 aromatic heterocycles. The predicted molar refractivity (Wildman–Crippen MR) is 105 cm³/mol. The van der Waals surface area contributed by atoms with E-state index < -0.39 is 27.4 Å². The molecule has 2 rings (SSSR count). The molecule has 0 bridgehead atoms. The van der Waals surface area contributed by atoms with Gasteiger partial charge in [0.2, 0.25) is 15.9 Å². The van der Waals surface area contributed by atoms with Crippen LogP contribution < -0.4 is 9.62 Å². The molecule has 0 unspecified atom stereocenters. The van der Waals surface area contributed by atoms with Crippen molar-refractivity contribution in [2.75, 3.05) is 22.4 Å². The Morgan fingerprint density at radius 1 is 1.22 bits per heavy atom. The number of hydrogen-bond donors (Lipinski definition) is 1. The monoisotopic (exact) mass is 431 g/mol. The van der Waals surface area contributed by atoms with E-state index in [2.05, 4.69) is 5.32 Å². The lowest BCUT2D eigenvalue weighted by Crippen LogP contribution is -2.37. The van der Waals surface area contributed by atoms with Gasteiger partial charge in [-0.25, -0.2) is 8.42 Å². The molecule has 1 N–H and O–H groups in total. The number of nitrogens with zero attached hydrogens (tertiary/aromatic N) is 2. The van der Waals surface area contributed by atoms with E-state index in [1.54, 1.807) is 6.92 Å². The van der Waals surface area contributed by atoms with Gasteiger partial charge in [0.05, 0.1) is 27.6 Å². The fourth-order valence-electron chi connectivity index (χ4n) is 2.24. The molecule has 0 atom stereocenters. The van der Waals surface area contributed by atoms with Gasteiger partial charge in [-0.05, 0) is 30.7 Å². The van der Waals surface area contributed by atoms with Gasteiger partial charge < -0.3 is 5.32 Å². The molecule has 2 aromatic carbocycles. The number of aryl methyl sites for hydroxylation is 1. The van der Waals surface area contributed by atoms with Crippen LogP contribution >= 0.6 is 23.2 Å². The van der Waals surface area contributed by atoms with Crippen LogP contribution in [0.25, 0.3) is 0 Å². The van der Waals surface area contributed by atoms with Crippen LogP contribution in [-0.4, -0.2) is 32.0 Å². The summed E-state index contributed by atoms with van der Waals surface area (Å²) in [5, 5.41) is 13.7. The number of benzene rings is 2. The largest absolute Gasteiger partial charge is 0.324 e. The van der Waals surface area contributed by atoms with E-state index in [0.717, 1.165) is 10.6 Å². The van der Waals surface area contributed by atoms with Crippen LogP contribution in [0.3, 0.4) is 0 Å². The van der Waals surface area contributed by atoms with E-state index in [1.807, 2.05) is 0 Å². The second-order valence-corrected chi connectivity index (χ2v) is 8.42. The lowest BCUT2D eigenvalue weighted by atomic mass is 10.2. The number of nitrogens with one attached hydrogen (secondary N) is 1. The molecule has 11 heteroatoms. The van der Waals surface area contributed by atoms with Crippen molar-refractivity contribution in [1.29, 1.82) is 0 Å². The Balaban J connectivity index is 2.32. The molecule has 144 valence electrons. The van der Waals surface area contributed by atoms with Gasteiger partial charge in [0.25, 0.3) is 5.69 Å². The Kier molecular flexibility index (Phi) is 6.30. The highest BCUT2D eigenvalue weighted by Gasteiger charge is 2.24. The summed E-state index contributed by atoms with van der Waals surface area (Å²) in [6, 6.07) is 8.22. The predicted octanol–water partition coefficient (Wildman–Crippen LogP) is 3.61. The van der Waals surface area contributed by atoms with Gasteiger partial charge >= 0.3 is 0 Å². The van der Waals surface area contributed by atoms with E-state index in [9.17, 15) is 23.3 Å². The third kappa shape index (κ3) is 5.31. The van der Waals surface area contributed by atoms with Crippen LogP contribution in [0, 0.1) is 17.0 Å². The Labute approximate surface area is 165 Å². The van der Waals surface area contributed by atoms with Crippen molar-refractivity contribution in [3.05, 3.63) is 62.1 Å². The zero-order valence-corrected chi connectivity index (χ0v) is 16.6. The van der Waals surface area contributed by atoms with Gasteiger partial charge in [-0.3, -0.25) is 19.2 Å². The second kappa shape index (κ2) is 8.12. The number of nitro benzene ring substituents is 1. The van der Waals surface area contributed by atoms with Crippen LogP contribution in [-0.2, 0) is 14.8 Å². The maximum Gasteiger partial charge on any atom is 0.271 e. The molecule has 27 heavy (non-hydrogen) atoms. The van der Waals surface area contributed by atoms with Crippen molar-refractivity contribution < 1.29 is 18.1 Å². The minimum atomic E-state index is -3.86. The highest BCUT2D eigenvalue weighted by atomic mass is 35.5. The summed E-state index contributed by atoms with van der Waals surface area (Å²) in [6.07, 6.45) is 0.927. The molecule has 0 aliphatic carbocycles. The number of anilines is 2. The van der Waals surface area contributed by atoms with E-state index in [1.165, 1.54) is 36.4 Å². The number of carbonyl (C=O) groups is 1. The molecule has 2 aromatic rings. The van der Waals surface area contributed by atoms with Gasteiger partial charge in [-0.1, -0.05) is 29.3 Å². The molecule has 0 saturated carbocycles. The summed E-state index contributed by atoms with van der Waals surface area (Å²) in [4.78, 5) is 22.7. The minimum absolute atomic E-state index is 0.0533. The SMILES string of the molecule is Cc1ccc([N+](=O)[O-])cc1NC(=O)CN(c1cc(Cl)ccc1Cl)S(C)(=O)=O. The van der Waals surface area contributed by atoms with E-state index >= 15 is 0 Å². The third-order valence-electron chi connectivity index (χ3n) is 3.57. The molecule has 0 heterocycles. The number of non-ortho nitro benzene ring substituents is 1. The molecule has 0 aliphatic rings. The first-order valence-electron chi connectivity index (χ1n) is 7.46. The first-order valence-corrected chi connectivity index (χ1v) is 10.1. The zero-order valence-electron chi connectivity index (χ0n) is 14.3. The molecular formula is C16H15Cl2N3O5S. The van der Waals surface area contributed by atoms with Crippen LogP contribution in [0.2, 0.25) is 10.0 Å². The maximum absolute atomic E-state index is 12.4. The summed E-state index contributed by atoms with van der Waals surface area (Å²) in [7, 11) is -3.86. The highest BCUT2D eigenvalue weighted by Crippen LogP contribution is 2.30. The number of nitro groups is 1. The third-order valence-corrected chi connectivity index (χ3v) is 5.25. The van der Waals surface area contributed by atoms with Gasteiger partial charge in [-0.15, -0.1) is 0 Å². The molecule has 0 spiro atoms. The fraction of sp³-hybridized carbons (Fsp3) is 0.188. The topological polar surface area (TPSA) is 110 Å². The first-order chi connectivity index (χ1) is 12.5. The molecule has 1 amide bonds. The van der Waals surface area contributed by atoms with Crippen LogP contribution in [0.5, 0.6) is 0 Å². The molecule has 0 aliphatic heterocycles. The maximum atomic E-state index is 12.4. The number of amides is 1. The van der Waals surface area contributed by atoms with E-state index in [4.69, 9.17) is 23.2 Å². The normalized spacial score (nSPS) is 11.1. The highest BCUT2D eigenvalue weighted by molar-refractivity contribution is 7.92. The van der Waals surface area contributed by atoms with Crippen LogP contribution in [0.4, 0.5) is 17.1 Å². The molecule has 0 fully saturated rings. The minimum Gasteiger partial charge on any atom is -0.324 e. The first kappa shape index (κ1) is 20.9. The zero-order chi connectivity index (χ0) is 20.4. The Morgan fingerprint density at radius 3 is 2.48 bits per heavy atom. The van der Waals surface area contributed by atoms with Gasteiger partial charge in [0, 0.05) is 17.2 Å². The summed E-state index contributed by atoms with van der Waals surface area (Å²) >= 11 is 12.0. The molecule has 0 saturated heterocycles. The average Bonchev–Trinajstić information content (AvgIpc) is 2.56. The van der Waals surface area contributed by atoms with Crippen LogP contribution in [0.15, 0.2) is 36.4 Å². The van der Waals surface area contributed by atoms with E-state index in [0.29, 0.717) is 5.56 Å². The molecular weight excluding hydrogens is 417 g/mol.